The third kappa shape index (κ3) is 4.47. The second kappa shape index (κ2) is 7.30. The van der Waals surface area contributed by atoms with Crippen LogP contribution in [0.3, 0.4) is 0 Å². The number of esters is 1. The van der Waals surface area contributed by atoms with E-state index in [1.54, 1.807) is 0 Å². The number of carbonyl (C=O) groups excluding carboxylic acids is 1. The van der Waals surface area contributed by atoms with Crippen LogP contribution in [0.4, 0.5) is 61.5 Å². The van der Waals surface area contributed by atoms with Gasteiger partial charge in [-0.3, -0.25) is 4.79 Å². The van der Waals surface area contributed by atoms with Gasteiger partial charge in [-0.05, 0) is 13.3 Å². The molecule has 0 aromatic rings. The minimum Gasteiger partial charge on any atom is -0.445 e. The Hall–Kier alpha value is -1.55. The average molecular weight is 468 g/mol. The second-order valence-corrected chi connectivity index (χ2v) is 5.84. The fourth-order valence-corrected chi connectivity index (χ4v) is 1.77. The maximum absolute atomic E-state index is 13.8. The summed E-state index contributed by atoms with van der Waals surface area (Å²) in [6.07, 6.45) is -35.0. The number of aliphatic hydroxyl groups is 1. The van der Waals surface area contributed by atoms with Gasteiger partial charge in [0.05, 0.1) is 0 Å². The van der Waals surface area contributed by atoms with E-state index in [-0.39, 0.29) is 6.92 Å². The van der Waals surface area contributed by atoms with E-state index >= 15 is 0 Å². The fourth-order valence-electron chi connectivity index (χ4n) is 1.77. The number of alkyl halides is 14. The third-order valence-corrected chi connectivity index (χ3v) is 3.94. The molecule has 0 aromatic carbocycles. The number of hydrogen-bond acceptors (Lipinski definition) is 3. The van der Waals surface area contributed by atoms with Crippen molar-refractivity contribution in [1.29, 1.82) is 0 Å². The molecule has 0 aliphatic heterocycles. The molecule has 0 fully saturated rings. The Morgan fingerprint density at radius 2 is 1.14 bits per heavy atom. The summed E-state index contributed by atoms with van der Waals surface area (Å²) in [6, 6.07) is 0. The molecular formula is C12H10F14O3. The molecule has 0 radical (unpaired) electrons. The van der Waals surface area contributed by atoms with Gasteiger partial charge in [-0.15, -0.1) is 0 Å². The molecule has 0 aliphatic rings. The van der Waals surface area contributed by atoms with Crippen LogP contribution in [-0.2, 0) is 9.53 Å². The number of rotatable bonds is 5. The van der Waals surface area contributed by atoms with Crippen LogP contribution in [0, 0.1) is 5.41 Å². The summed E-state index contributed by atoms with van der Waals surface area (Å²) < 4.78 is 182. The van der Waals surface area contributed by atoms with E-state index in [2.05, 4.69) is 4.74 Å². The molecule has 0 aromatic heterocycles. The van der Waals surface area contributed by atoms with Crippen molar-refractivity contribution in [2.75, 3.05) is 0 Å². The lowest BCUT2D eigenvalue weighted by Crippen LogP contribution is -2.73. The van der Waals surface area contributed by atoms with E-state index in [1.165, 1.54) is 0 Å². The van der Waals surface area contributed by atoms with Crippen molar-refractivity contribution in [3.05, 3.63) is 0 Å². The molecule has 0 bridgehead atoms. The Kier molecular flexibility index (Phi) is 6.91. The Morgan fingerprint density at radius 1 is 0.793 bits per heavy atom. The summed E-state index contributed by atoms with van der Waals surface area (Å²) >= 11 is 0. The van der Waals surface area contributed by atoms with E-state index in [1.807, 2.05) is 0 Å². The first-order valence-corrected chi connectivity index (χ1v) is 6.90. The van der Waals surface area contributed by atoms with E-state index in [4.69, 9.17) is 5.11 Å². The van der Waals surface area contributed by atoms with Gasteiger partial charge < -0.3 is 9.84 Å². The van der Waals surface area contributed by atoms with Crippen LogP contribution in [0.2, 0.25) is 0 Å². The van der Waals surface area contributed by atoms with Gasteiger partial charge in [0, 0.05) is 0 Å². The zero-order valence-corrected chi connectivity index (χ0v) is 13.8. The molecule has 17 heteroatoms. The van der Waals surface area contributed by atoms with Crippen LogP contribution in [-0.4, -0.2) is 53.4 Å². The van der Waals surface area contributed by atoms with Gasteiger partial charge in [0.2, 0.25) is 0 Å². The van der Waals surface area contributed by atoms with Gasteiger partial charge in [-0.2, -0.15) is 61.5 Å². The van der Waals surface area contributed by atoms with Crippen LogP contribution in [0.5, 0.6) is 0 Å². The lowest BCUT2D eigenvalue weighted by Gasteiger charge is -2.42. The fraction of sp³-hybridized carbons (Fsp3) is 0.917. The van der Waals surface area contributed by atoms with Crippen molar-refractivity contribution in [3.8, 4) is 0 Å². The maximum Gasteiger partial charge on any atom is 0.432 e. The summed E-state index contributed by atoms with van der Waals surface area (Å²) in [5, 5.41) is 8.57. The molecule has 0 heterocycles. The summed E-state index contributed by atoms with van der Waals surface area (Å²) in [4.78, 5) is 11.5. The molecule has 2 atom stereocenters. The largest absolute Gasteiger partial charge is 0.445 e. The van der Waals surface area contributed by atoms with Crippen LogP contribution >= 0.6 is 0 Å². The molecule has 29 heavy (non-hydrogen) atoms. The van der Waals surface area contributed by atoms with Gasteiger partial charge >= 0.3 is 42.2 Å². The highest BCUT2D eigenvalue weighted by Gasteiger charge is 2.87. The first-order valence-electron chi connectivity index (χ1n) is 6.90. The van der Waals surface area contributed by atoms with Crippen molar-refractivity contribution >= 4 is 5.97 Å². The van der Waals surface area contributed by atoms with Crippen molar-refractivity contribution < 1.29 is 76.1 Å². The van der Waals surface area contributed by atoms with Crippen molar-refractivity contribution in [1.82, 2.24) is 0 Å². The zero-order chi connectivity index (χ0) is 24.1. The first-order chi connectivity index (χ1) is 12.3. The lowest BCUT2D eigenvalue weighted by molar-refractivity contribution is -0.446. The summed E-state index contributed by atoms with van der Waals surface area (Å²) in [5.41, 5.74) is -11.4. The van der Waals surface area contributed by atoms with Crippen LogP contribution in [0.25, 0.3) is 0 Å². The van der Waals surface area contributed by atoms with Gasteiger partial charge in [0.25, 0.3) is 6.10 Å². The van der Waals surface area contributed by atoms with E-state index in [9.17, 15) is 66.3 Å². The van der Waals surface area contributed by atoms with E-state index < -0.39 is 60.1 Å². The molecule has 0 amide bonds. The SMILES string of the molecule is CCC(C)(C(=O)OC(C(F)(F)F)C(F)(F)C(O)(C(F)(F)F)C(F)(F)F)C(F)(F)F. The number of halogens is 14. The summed E-state index contributed by atoms with van der Waals surface area (Å²) in [6.45, 7) is 0.317. The molecule has 3 nitrogen and oxygen atoms in total. The van der Waals surface area contributed by atoms with Gasteiger partial charge in [-0.1, -0.05) is 6.92 Å². The molecular weight excluding hydrogens is 458 g/mol. The van der Waals surface area contributed by atoms with Crippen LogP contribution in [0.1, 0.15) is 20.3 Å². The van der Waals surface area contributed by atoms with Crippen LogP contribution < -0.4 is 0 Å². The Bertz CT molecular complexity index is 585. The van der Waals surface area contributed by atoms with Gasteiger partial charge in [-0.25, -0.2) is 0 Å². The van der Waals surface area contributed by atoms with Crippen molar-refractivity contribution in [2.45, 2.75) is 62.6 Å². The molecule has 0 aliphatic carbocycles. The Morgan fingerprint density at radius 3 is 1.34 bits per heavy atom. The topological polar surface area (TPSA) is 46.5 Å². The highest BCUT2D eigenvalue weighted by molar-refractivity contribution is 5.77. The molecule has 0 spiro atoms. The zero-order valence-electron chi connectivity index (χ0n) is 13.8. The molecule has 174 valence electrons. The van der Waals surface area contributed by atoms with Crippen LogP contribution in [0.15, 0.2) is 0 Å². The number of ether oxygens (including phenoxy) is 1. The summed E-state index contributed by atoms with van der Waals surface area (Å²) in [5.74, 6) is -10.7. The van der Waals surface area contributed by atoms with Crippen molar-refractivity contribution in [2.24, 2.45) is 5.41 Å². The van der Waals surface area contributed by atoms with Crippen molar-refractivity contribution in [3.63, 3.8) is 0 Å². The normalized spacial score (nSPS) is 18.2. The minimum absolute atomic E-state index is 0.180. The highest BCUT2D eigenvalue weighted by Crippen LogP contribution is 2.56. The molecule has 1 N–H and O–H groups in total. The maximum atomic E-state index is 13.8. The number of carbonyl (C=O) groups is 1. The van der Waals surface area contributed by atoms with Gasteiger partial charge in [0.15, 0.2) is 5.41 Å². The average Bonchev–Trinajstić information content (AvgIpc) is 2.45. The highest BCUT2D eigenvalue weighted by atomic mass is 19.4. The smallest absolute Gasteiger partial charge is 0.432 e. The minimum atomic E-state index is -7.51. The second-order valence-electron chi connectivity index (χ2n) is 5.84. The summed E-state index contributed by atoms with van der Waals surface area (Å²) in [7, 11) is 0. The lowest BCUT2D eigenvalue weighted by atomic mass is 9.86. The van der Waals surface area contributed by atoms with E-state index in [0.717, 1.165) is 0 Å². The third-order valence-electron chi connectivity index (χ3n) is 3.94. The molecule has 0 saturated heterocycles. The first kappa shape index (κ1) is 27.5. The monoisotopic (exact) mass is 468 g/mol. The standard InChI is InChI=1S/C12H10F14O3/c1-3-6(2,10(18,19)20)5(27)29-4(8(15,16)17)7(13,14)9(28,11(21,22)23)12(24,25)26/h4,28H,3H2,1-2H3. The van der Waals surface area contributed by atoms with Gasteiger partial charge in [0.1, 0.15) is 0 Å². The molecule has 0 saturated carbocycles. The molecule has 2 unspecified atom stereocenters. The number of hydrogen-bond donors (Lipinski definition) is 1. The quantitative estimate of drug-likeness (QED) is 0.460. The predicted octanol–water partition coefficient (Wildman–Crippen LogP) is 4.93. The van der Waals surface area contributed by atoms with E-state index in [0.29, 0.717) is 6.92 Å². The Balaban J connectivity index is 6.65. The molecule has 0 rings (SSSR count). The Labute approximate surface area is 151 Å². The predicted molar refractivity (Wildman–Crippen MR) is 62.4 cm³/mol.